The van der Waals surface area contributed by atoms with Gasteiger partial charge in [-0.15, -0.1) is 35.3 Å². The highest BCUT2D eigenvalue weighted by Crippen LogP contribution is 2.34. The third kappa shape index (κ3) is 8.17. The van der Waals surface area contributed by atoms with E-state index in [1.54, 1.807) is 11.3 Å². The van der Waals surface area contributed by atoms with Gasteiger partial charge in [0, 0.05) is 36.8 Å². The van der Waals surface area contributed by atoms with E-state index in [4.69, 9.17) is 4.74 Å². The van der Waals surface area contributed by atoms with Crippen molar-refractivity contribution in [3.8, 4) is 5.88 Å². The van der Waals surface area contributed by atoms with E-state index in [-0.39, 0.29) is 37.1 Å². The molecule has 0 aromatic carbocycles. The molecular formula is C17H23F3IN5OS. The Hall–Kier alpha value is -1.63. The second-order valence-corrected chi connectivity index (χ2v) is 6.82. The minimum absolute atomic E-state index is 0. The van der Waals surface area contributed by atoms with Crippen LogP contribution in [-0.4, -0.2) is 42.2 Å². The number of hydrogen-bond donors (Lipinski definition) is 2. The molecule has 156 valence electrons. The minimum atomic E-state index is -4.50. The highest BCUT2D eigenvalue weighted by Gasteiger charge is 2.34. The number of aryl methyl sites for hydroxylation is 1. The summed E-state index contributed by atoms with van der Waals surface area (Å²) in [7, 11) is 0. The van der Waals surface area contributed by atoms with Crippen LogP contribution >= 0.6 is 35.3 Å². The van der Waals surface area contributed by atoms with Gasteiger partial charge < -0.3 is 15.4 Å². The molecule has 0 saturated carbocycles. The maximum atomic E-state index is 12.9. The Kier molecular flexibility index (Phi) is 10.5. The molecule has 2 aromatic heterocycles. The molecule has 11 heteroatoms. The number of guanidine groups is 1. The molecule has 0 unspecified atom stereocenters. The highest BCUT2D eigenvalue weighted by molar-refractivity contribution is 14.0. The van der Waals surface area contributed by atoms with E-state index >= 15 is 0 Å². The standard InChI is InChI=1S/C17H22F3N5OS.HI/c1-3-21-16(23-8-6-14-25-11-12(2)27-14)24-9-10-26-15-13(17(18,19)20)5-4-7-22-15;/h4-5,7,11H,3,6,8-10H2,1-2H3,(H2,21,23,24);1H. The molecule has 0 fully saturated rings. The Bertz CT molecular complexity index is 754. The van der Waals surface area contributed by atoms with E-state index in [9.17, 15) is 13.2 Å². The lowest BCUT2D eigenvalue weighted by Gasteiger charge is -2.14. The second-order valence-electron chi connectivity index (χ2n) is 5.50. The van der Waals surface area contributed by atoms with Crippen molar-refractivity contribution in [3.63, 3.8) is 0 Å². The van der Waals surface area contributed by atoms with Gasteiger partial charge in [-0.2, -0.15) is 13.2 Å². The Labute approximate surface area is 183 Å². The summed E-state index contributed by atoms with van der Waals surface area (Å²) in [5, 5.41) is 7.13. The van der Waals surface area contributed by atoms with Gasteiger partial charge in [0.25, 0.3) is 0 Å². The van der Waals surface area contributed by atoms with Crippen molar-refractivity contribution in [1.82, 2.24) is 20.6 Å². The first-order valence-electron chi connectivity index (χ1n) is 8.48. The molecule has 0 atom stereocenters. The van der Waals surface area contributed by atoms with Gasteiger partial charge in [-0.05, 0) is 26.0 Å². The normalized spacial score (nSPS) is 11.7. The van der Waals surface area contributed by atoms with Gasteiger partial charge in [0.05, 0.1) is 11.6 Å². The summed E-state index contributed by atoms with van der Waals surface area (Å²) < 4.78 is 43.9. The molecule has 2 heterocycles. The quantitative estimate of drug-likeness (QED) is 0.237. The Morgan fingerprint density at radius 3 is 2.71 bits per heavy atom. The fourth-order valence-electron chi connectivity index (χ4n) is 2.16. The maximum absolute atomic E-state index is 12.9. The molecule has 2 rings (SSSR count). The zero-order valence-electron chi connectivity index (χ0n) is 15.5. The zero-order chi connectivity index (χ0) is 19.7. The molecule has 0 aliphatic rings. The smallest absolute Gasteiger partial charge is 0.421 e. The summed E-state index contributed by atoms with van der Waals surface area (Å²) in [6.45, 7) is 5.47. The summed E-state index contributed by atoms with van der Waals surface area (Å²) in [4.78, 5) is 13.5. The summed E-state index contributed by atoms with van der Waals surface area (Å²) in [6, 6.07) is 2.18. The van der Waals surface area contributed by atoms with Crippen molar-refractivity contribution in [2.45, 2.75) is 26.4 Å². The predicted octanol–water partition coefficient (Wildman–Crippen LogP) is 3.66. The number of hydrogen-bond acceptors (Lipinski definition) is 5. The third-order valence-electron chi connectivity index (χ3n) is 3.32. The molecular weight excluding hydrogens is 506 g/mol. The van der Waals surface area contributed by atoms with Crippen LogP contribution in [0.2, 0.25) is 0 Å². The fraction of sp³-hybridized carbons (Fsp3) is 0.471. The molecule has 28 heavy (non-hydrogen) atoms. The van der Waals surface area contributed by atoms with E-state index in [0.29, 0.717) is 19.0 Å². The molecule has 0 amide bonds. The summed E-state index contributed by atoms with van der Waals surface area (Å²) in [6.07, 6.45) is -0.669. The number of nitrogens with one attached hydrogen (secondary N) is 2. The lowest BCUT2D eigenvalue weighted by atomic mass is 10.2. The number of ether oxygens (including phenoxy) is 1. The van der Waals surface area contributed by atoms with E-state index in [1.807, 2.05) is 20.0 Å². The largest absolute Gasteiger partial charge is 0.475 e. The second kappa shape index (κ2) is 12.0. The molecule has 0 aliphatic heterocycles. The number of pyridine rings is 1. The minimum Gasteiger partial charge on any atom is -0.475 e. The molecule has 0 aliphatic carbocycles. The molecule has 2 N–H and O–H groups in total. The third-order valence-corrected chi connectivity index (χ3v) is 4.29. The van der Waals surface area contributed by atoms with Gasteiger partial charge in [0.1, 0.15) is 12.2 Å². The number of thiazole rings is 1. The lowest BCUT2D eigenvalue weighted by Crippen LogP contribution is -2.39. The number of aliphatic imine (C=N–C) groups is 1. The average molecular weight is 529 g/mol. The zero-order valence-corrected chi connectivity index (χ0v) is 18.7. The Morgan fingerprint density at radius 2 is 2.07 bits per heavy atom. The van der Waals surface area contributed by atoms with Gasteiger partial charge in [-0.25, -0.2) is 9.97 Å². The lowest BCUT2D eigenvalue weighted by molar-refractivity contribution is -0.139. The number of alkyl halides is 3. The first kappa shape index (κ1) is 24.4. The monoisotopic (exact) mass is 529 g/mol. The van der Waals surface area contributed by atoms with Gasteiger partial charge >= 0.3 is 6.18 Å². The maximum Gasteiger partial charge on any atom is 0.421 e. The van der Waals surface area contributed by atoms with Crippen molar-refractivity contribution < 1.29 is 17.9 Å². The van der Waals surface area contributed by atoms with Gasteiger partial charge in [-0.1, -0.05) is 0 Å². The van der Waals surface area contributed by atoms with Crippen molar-refractivity contribution >= 4 is 41.3 Å². The summed E-state index contributed by atoms with van der Waals surface area (Å²) >= 11 is 1.64. The van der Waals surface area contributed by atoms with E-state index < -0.39 is 17.6 Å². The molecule has 6 nitrogen and oxygen atoms in total. The number of nitrogens with zero attached hydrogens (tertiary/aromatic N) is 3. The van der Waals surface area contributed by atoms with E-state index in [1.165, 1.54) is 12.3 Å². The van der Waals surface area contributed by atoms with Crippen molar-refractivity contribution in [3.05, 3.63) is 40.0 Å². The van der Waals surface area contributed by atoms with Gasteiger partial charge in [0.15, 0.2) is 5.96 Å². The average Bonchev–Trinajstić information content (AvgIpc) is 3.03. The van der Waals surface area contributed by atoms with Crippen LogP contribution in [0.25, 0.3) is 0 Å². The van der Waals surface area contributed by atoms with Crippen LogP contribution < -0.4 is 15.4 Å². The van der Waals surface area contributed by atoms with Crippen LogP contribution in [0.15, 0.2) is 29.5 Å². The Balaban J connectivity index is 0.00000392. The topological polar surface area (TPSA) is 71.4 Å². The SMILES string of the molecule is CCNC(=NCCc1ncc(C)s1)NCCOc1ncccc1C(F)(F)F.I. The summed E-state index contributed by atoms with van der Waals surface area (Å²) in [5.41, 5.74) is -0.885. The first-order chi connectivity index (χ1) is 12.9. The predicted molar refractivity (Wildman–Crippen MR) is 115 cm³/mol. The van der Waals surface area contributed by atoms with Crippen molar-refractivity contribution in [2.75, 3.05) is 26.2 Å². The molecule has 0 saturated heterocycles. The number of aromatic nitrogens is 2. The van der Waals surface area contributed by atoms with Crippen LogP contribution in [0.3, 0.4) is 0 Å². The van der Waals surface area contributed by atoms with Gasteiger partial charge in [0.2, 0.25) is 5.88 Å². The molecule has 2 aromatic rings. The van der Waals surface area contributed by atoms with E-state index in [0.717, 1.165) is 22.4 Å². The fourth-order valence-corrected chi connectivity index (χ4v) is 2.94. The first-order valence-corrected chi connectivity index (χ1v) is 9.30. The van der Waals surface area contributed by atoms with Crippen LogP contribution in [0, 0.1) is 6.92 Å². The molecule has 0 spiro atoms. The van der Waals surface area contributed by atoms with Crippen LogP contribution in [0.1, 0.15) is 22.4 Å². The van der Waals surface area contributed by atoms with Gasteiger partial charge in [-0.3, -0.25) is 4.99 Å². The van der Waals surface area contributed by atoms with Crippen LogP contribution in [0.4, 0.5) is 13.2 Å². The van der Waals surface area contributed by atoms with Crippen LogP contribution in [0.5, 0.6) is 5.88 Å². The molecule has 0 bridgehead atoms. The van der Waals surface area contributed by atoms with Crippen LogP contribution in [-0.2, 0) is 12.6 Å². The van der Waals surface area contributed by atoms with Crippen molar-refractivity contribution in [2.24, 2.45) is 4.99 Å². The van der Waals surface area contributed by atoms with E-state index in [2.05, 4.69) is 25.6 Å². The summed E-state index contributed by atoms with van der Waals surface area (Å²) in [5.74, 6) is 0.152. The Morgan fingerprint density at radius 1 is 1.29 bits per heavy atom. The number of halogens is 4. The van der Waals surface area contributed by atoms with Crippen molar-refractivity contribution in [1.29, 1.82) is 0 Å². The number of rotatable bonds is 8. The molecule has 0 radical (unpaired) electrons. The highest BCUT2D eigenvalue weighted by atomic mass is 127.